The Labute approximate surface area is 91.6 Å². The molecule has 2 unspecified atom stereocenters. The molecule has 1 saturated heterocycles. The molecule has 2 heteroatoms. The molecule has 1 fully saturated rings. The number of aryl methyl sites for hydroxylation is 1. The zero-order valence-corrected chi connectivity index (χ0v) is 9.49. The zero-order chi connectivity index (χ0) is 10.7. The maximum Gasteiger partial charge on any atom is 0.0951 e. The highest BCUT2D eigenvalue weighted by molar-refractivity contribution is 5.28. The van der Waals surface area contributed by atoms with Gasteiger partial charge in [0, 0.05) is 19.2 Å². The minimum atomic E-state index is 0.219. The first-order valence-electron chi connectivity index (χ1n) is 5.68. The van der Waals surface area contributed by atoms with Gasteiger partial charge in [-0.1, -0.05) is 24.3 Å². The molecular formula is C13H19NO. The molecule has 1 aromatic carbocycles. The van der Waals surface area contributed by atoms with Crippen molar-refractivity contribution in [3.63, 3.8) is 0 Å². The van der Waals surface area contributed by atoms with Gasteiger partial charge in [0.15, 0.2) is 0 Å². The summed E-state index contributed by atoms with van der Waals surface area (Å²) in [6.45, 7) is 6.13. The van der Waals surface area contributed by atoms with Gasteiger partial charge in [0.05, 0.1) is 6.10 Å². The van der Waals surface area contributed by atoms with Gasteiger partial charge in [-0.25, -0.2) is 0 Å². The van der Waals surface area contributed by atoms with E-state index in [4.69, 9.17) is 4.74 Å². The average Bonchev–Trinajstić information content (AvgIpc) is 2.44. The molecule has 0 bridgehead atoms. The number of ether oxygens (including phenoxy) is 1. The van der Waals surface area contributed by atoms with Crippen molar-refractivity contribution in [1.82, 2.24) is 5.32 Å². The summed E-state index contributed by atoms with van der Waals surface area (Å²) in [4.78, 5) is 0. The van der Waals surface area contributed by atoms with Crippen molar-refractivity contribution in [1.29, 1.82) is 0 Å². The van der Waals surface area contributed by atoms with Crippen LogP contribution in [0.25, 0.3) is 0 Å². The molecule has 0 aromatic heterocycles. The first kappa shape index (κ1) is 10.7. The Morgan fingerprint density at radius 3 is 2.93 bits per heavy atom. The van der Waals surface area contributed by atoms with E-state index in [9.17, 15) is 0 Å². The quantitative estimate of drug-likeness (QED) is 0.760. The van der Waals surface area contributed by atoms with Gasteiger partial charge in [0.2, 0.25) is 0 Å². The van der Waals surface area contributed by atoms with Crippen molar-refractivity contribution in [2.75, 3.05) is 13.2 Å². The van der Waals surface area contributed by atoms with E-state index in [1.165, 1.54) is 11.1 Å². The van der Waals surface area contributed by atoms with Crippen LogP contribution < -0.4 is 5.32 Å². The second-order valence-corrected chi connectivity index (χ2v) is 4.31. The molecule has 15 heavy (non-hydrogen) atoms. The predicted molar refractivity (Wildman–Crippen MR) is 62.0 cm³/mol. The van der Waals surface area contributed by atoms with Gasteiger partial charge < -0.3 is 10.1 Å². The third kappa shape index (κ3) is 2.58. The van der Waals surface area contributed by atoms with E-state index >= 15 is 0 Å². The molecule has 2 atom stereocenters. The summed E-state index contributed by atoms with van der Waals surface area (Å²) in [6, 6.07) is 9.04. The van der Waals surface area contributed by atoms with Crippen molar-refractivity contribution in [3.8, 4) is 0 Å². The smallest absolute Gasteiger partial charge is 0.0951 e. The first-order chi connectivity index (χ1) is 7.27. The number of hydrogen-bond donors (Lipinski definition) is 1. The van der Waals surface area contributed by atoms with Gasteiger partial charge in [-0.2, -0.15) is 0 Å². The Kier molecular flexibility index (Phi) is 3.39. The van der Waals surface area contributed by atoms with Gasteiger partial charge in [0.25, 0.3) is 0 Å². The zero-order valence-electron chi connectivity index (χ0n) is 9.49. The summed E-state index contributed by atoms with van der Waals surface area (Å²) in [5.74, 6) is 0. The summed E-state index contributed by atoms with van der Waals surface area (Å²) in [5, 5.41) is 3.50. The first-order valence-corrected chi connectivity index (χ1v) is 5.68. The molecule has 1 heterocycles. The summed E-state index contributed by atoms with van der Waals surface area (Å²) >= 11 is 0. The minimum Gasteiger partial charge on any atom is -0.372 e. The lowest BCUT2D eigenvalue weighted by Crippen LogP contribution is -2.27. The SMILES string of the molecule is Cc1ccccc1C1CNC(C)CCO1. The fourth-order valence-corrected chi connectivity index (χ4v) is 2.00. The molecule has 0 radical (unpaired) electrons. The van der Waals surface area contributed by atoms with Crippen LogP contribution in [0.4, 0.5) is 0 Å². The molecule has 2 rings (SSSR count). The van der Waals surface area contributed by atoms with E-state index in [2.05, 4.69) is 43.4 Å². The highest BCUT2D eigenvalue weighted by Crippen LogP contribution is 2.22. The molecule has 0 spiro atoms. The Hall–Kier alpha value is -0.860. The van der Waals surface area contributed by atoms with Crippen LogP contribution in [-0.2, 0) is 4.74 Å². The van der Waals surface area contributed by atoms with Crippen LogP contribution in [0, 0.1) is 6.92 Å². The average molecular weight is 205 g/mol. The Morgan fingerprint density at radius 2 is 2.13 bits per heavy atom. The van der Waals surface area contributed by atoms with Crippen LogP contribution in [-0.4, -0.2) is 19.2 Å². The third-order valence-electron chi connectivity index (χ3n) is 3.06. The van der Waals surface area contributed by atoms with E-state index in [1.807, 2.05) is 0 Å². The van der Waals surface area contributed by atoms with E-state index in [0.717, 1.165) is 19.6 Å². The molecule has 2 nitrogen and oxygen atoms in total. The van der Waals surface area contributed by atoms with Gasteiger partial charge in [-0.15, -0.1) is 0 Å². The van der Waals surface area contributed by atoms with E-state index in [1.54, 1.807) is 0 Å². The summed E-state index contributed by atoms with van der Waals surface area (Å²) in [7, 11) is 0. The molecule has 1 aliphatic heterocycles. The highest BCUT2D eigenvalue weighted by atomic mass is 16.5. The van der Waals surface area contributed by atoms with Gasteiger partial charge in [-0.3, -0.25) is 0 Å². The van der Waals surface area contributed by atoms with Gasteiger partial charge in [-0.05, 0) is 31.4 Å². The highest BCUT2D eigenvalue weighted by Gasteiger charge is 2.18. The second-order valence-electron chi connectivity index (χ2n) is 4.31. The van der Waals surface area contributed by atoms with Crippen LogP contribution in [0.5, 0.6) is 0 Å². The van der Waals surface area contributed by atoms with Crippen molar-refractivity contribution >= 4 is 0 Å². The molecule has 0 saturated carbocycles. The van der Waals surface area contributed by atoms with Gasteiger partial charge >= 0.3 is 0 Å². The number of hydrogen-bond acceptors (Lipinski definition) is 2. The monoisotopic (exact) mass is 205 g/mol. The summed E-state index contributed by atoms with van der Waals surface area (Å²) in [5.41, 5.74) is 2.64. The Balaban J connectivity index is 2.13. The largest absolute Gasteiger partial charge is 0.372 e. The Bertz CT molecular complexity index is 324. The van der Waals surface area contributed by atoms with Crippen LogP contribution in [0.2, 0.25) is 0 Å². The van der Waals surface area contributed by atoms with Gasteiger partial charge in [0.1, 0.15) is 0 Å². The lowest BCUT2D eigenvalue weighted by atomic mass is 10.0. The third-order valence-corrected chi connectivity index (χ3v) is 3.06. The van der Waals surface area contributed by atoms with Crippen LogP contribution in [0.3, 0.4) is 0 Å². The summed E-state index contributed by atoms with van der Waals surface area (Å²) in [6.07, 6.45) is 1.32. The summed E-state index contributed by atoms with van der Waals surface area (Å²) < 4.78 is 5.88. The van der Waals surface area contributed by atoms with Crippen molar-refractivity contribution in [2.45, 2.75) is 32.4 Å². The molecule has 1 N–H and O–H groups in total. The fourth-order valence-electron chi connectivity index (χ4n) is 2.00. The maximum atomic E-state index is 5.88. The fraction of sp³-hybridized carbons (Fsp3) is 0.538. The maximum absolute atomic E-state index is 5.88. The lowest BCUT2D eigenvalue weighted by molar-refractivity contribution is 0.0660. The number of rotatable bonds is 1. The number of benzene rings is 1. The normalized spacial score (nSPS) is 27.3. The Morgan fingerprint density at radius 1 is 1.33 bits per heavy atom. The topological polar surface area (TPSA) is 21.3 Å². The number of nitrogens with one attached hydrogen (secondary N) is 1. The van der Waals surface area contributed by atoms with E-state index < -0.39 is 0 Å². The van der Waals surface area contributed by atoms with Crippen LogP contribution in [0.1, 0.15) is 30.6 Å². The van der Waals surface area contributed by atoms with Crippen molar-refractivity contribution in [3.05, 3.63) is 35.4 Å². The minimum absolute atomic E-state index is 0.219. The predicted octanol–water partition coefficient (Wildman–Crippen LogP) is 2.43. The molecule has 82 valence electrons. The second kappa shape index (κ2) is 4.77. The molecule has 0 amide bonds. The van der Waals surface area contributed by atoms with Crippen molar-refractivity contribution in [2.24, 2.45) is 0 Å². The van der Waals surface area contributed by atoms with Crippen LogP contribution >= 0.6 is 0 Å². The van der Waals surface area contributed by atoms with E-state index in [0.29, 0.717) is 6.04 Å². The molecule has 0 aliphatic carbocycles. The van der Waals surface area contributed by atoms with Crippen molar-refractivity contribution < 1.29 is 4.74 Å². The molecule has 1 aromatic rings. The van der Waals surface area contributed by atoms with Crippen LogP contribution in [0.15, 0.2) is 24.3 Å². The molecular weight excluding hydrogens is 186 g/mol. The molecule has 1 aliphatic rings. The standard InChI is InChI=1S/C13H19NO/c1-10-5-3-4-6-12(10)13-9-14-11(2)7-8-15-13/h3-6,11,13-14H,7-9H2,1-2H3. The lowest BCUT2D eigenvalue weighted by Gasteiger charge is -2.17. The van der Waals surface area contributed by atoms with E-state index in [-0.39, 0.29) is 6.10 Å².